The van der Waals surface area contributed by atoms with E-state index in [1.165, 1.54) is 17.0 Å². The molecule has 1 aromatic carbocycles. The van der Waals surface area contributed by atoms with Gasteiger partial charge in [-0.05, 0) is 44.0 Å². The van der Waals surface area contributed by atoms with Gasteiger partial charge < -0.3 is 5.32 Å². The summed E-state index contributed by atoms with van der Waals surface area (Å²) in [5.41, 5.74) is 0.913. The standard InChI is InChI=1S/C11H8Br2N2O2S/c12-7-3-9(18-6-7)5-14-11-2-1-8(15(16)17)4-10(11)13/h1-4,6,14H,5H2. The molecule has 1 N–H and O–H groups in total. The summed E-state index contributed by atoms with van der Waals surface area (Å²) in [5, 5.41) is 15.9. The molecule has 94 valence electrons. The molecule has 1 aromatic heterocycles. The molecule has 0 saturated carbocycles. The number of rotatable bonds is 4. The van der Waals surface area contributed by atoms with Gasteiger partial charge in [0.15, 0.2) is 0 Å². The minimum Gasteiger partial charge on any atom is -0.379 e. The smallest absolute Gasteiger partial charge is 0.270 e. The third kappa shape index (κ3) is 3.30. The Balaban J connectivity index is 2.08. The van der Waals surface area contributed by atoms with E-state index < -0.39 is 4.92 Å². The fourth-order valence-corrected chi connectivity index (χ4v) is 3.29. The van der Waals surface area contributed by atoms with Gasteiger partial charge in [0.25, 0.3) is 5.69 Å². The summed E-state index contributed by atoms with van der Waals surface area (Å²) in [4.78, 5) is 11.4. The highest BCUT2D eigenvalue weighted by molar-refractivity contribution is 9.10. The molecule has 0 amide bonds. The molecule has 0 aliphatic heterocycles. The van der Waals surface area contributed by atoms with Crippen molar-refractivity contribution in [3.8, 4) is 0 Å². The number of hydrogen-bond donors (Lipinski definition) is 1. The van der Waals surface area contributed by atoms with E-state index in [0.29, 0.717) is 11.0 Å². The molecule has 0 aliphatic rings. The minimum atomic E-state index is -0.412. The fourth-order valence-electron chi connectivity index (χ4n) is 1.39. The van der Waals surface area contributed by atoms with Crippen molar-refractivity contribution in [1.82, 2.24) is 0 Å². The van der Waals surface area contributed by atoms with E-state index in [0.717, 1.165) is 10.2 Å². The maximum atomic E-state index is 10.6. The Morgan fingerprint density at radius 2 is 2.11 bits per heavy atom. The van der Waals surface area contributed by atoms with Crippen molar-refractivity contribution in [3.05, 3.63) is 53.6 Å². The number of nitro groups is 1. The number of anilines is 1. The molecule has 0 atom stereocenters. The van der Waals surface area contributed by atoms with Crippen LogP contribution in [0.15, 0.2) is 38.6 Å². The topological polar surface area (TPSA) is 55.2 Å². The maximum Gasteiger partial charge on any atom is 0.270 e. The molecule has 0 aliphatic carbocycles. The van der Waals surface area contributed by atoms with Crippen LogP contribution >= 0.6 is 43.2 Å². The van der Waals surface area contributed by atoms with Gasteiger partial charge in [-0.1, -0.05) is 0 Å². The van der Waals surface area contributed by atoms with Gasteiger partial charge in [0.2, 0.25) is 0 Å². The summed E-state index contributed by atoms with van der Waals surface area (Å²) in [7, 11) is 0. The molecule has 0 saturated heterocycles. The molecule has 0 unspecified atom stereocenters. The Labute approximate surface area is 124 Å². The van der Waals surface area contributed by atoms with Gasteiger partial charge in [0.05, 0.1) is 4.92 Å². The second-order valence-electron chi connectivity index (χ2n) is 3.51. The third-order valence-corrected chi connectivity index (χ3v) is 4.59. The zero-order valence-corrected chi connectivity index (χ0v) is 13.0. The molecule has 2 rings (SSSR count). The van der Waals surface area contributed by atoms with E-state index >= 15 is 0 Å². The number of halogens is 2. The molecule has 4 nitrogen and oxygen atoms in total. The summed E-state index contributed by atoms with van der Waals surface area (Å²) in [5.74, 6) is 0. The predicted molar refractivity (Wildman–Crippen MR) is 80.1 cm³/mol. The second kappa shape index (κ2) is 5.81. The van der Waals surface area contributed by atoms with Crippen molar-refractivity contribution in [2.24, 2.45) is 0 Å². The highest BCUT2D eigenvalue weighted by Gasteiger charge is 2.09. The predicted octanol–water partition coefficient (Wildman–Crippen LogP) is 4.79. The van der Waals surface area contributed by atoms with Crippen LogP contribution in [0.5, 0.6) is 0 Å². The summed E-state index contributed by atoms with van der Waals surface area (Å²) >= 11 is 8.37. The lowest BCUT2D eigenvalue weighted by Gasteiger charge is -2.06. The number of nitrogens with zero attached hydrogens (tertiary/aromatic N) is 1. The van der Waals surface area contributed by atoms with Gasteiger partial charge in [0.1, 0.15) is 0 Å². The number of thiophene rings is 1. The Morgan fingerprint density at radius 1 is 1.33 bits per heavy atom. The molecule has 7 heteroatoms. The zero-order valence-electron chi connectivity index (χ0n) is 9.02. The van der Waals surface area contributed by atoms with Crippen LogP contribution < -0.4 is 5.32 Å². The molecule has 0 spiro atoms. The van der Waals surface area contributed by atoms with Crippen LogP contribution in [0.3, 0.4) is 0 Å². The van der Waals surface area contributed by atoms with E-state index in [1.807, 2.05) is 11.4 Å². The average molecular weight is 392 g/mol. The van der Waals surface area contributed by atoms with Gasteiger partial charge in [-0.2, -0.15) is 0 Å². The van der Waals surface area contributed by atoms with Gasteiger partial charge in [-0.3, -0.25) is 10.1 Å². The van der Waals surface area contributed by atoms with Crippen molar-refractivity contribution < 1.29 is 4.92 Å². The lowest BCUT2D eigenvalue weighted by Crippen LogP contribution is -1.98. The van der Waals surface area contributed by atoms with Crippen molar-refractivity contribution in [2.75, 3.05) is 5.32 Å². The summed E-state index contributed by atoms with van der Waals surface area (Å²) < 4.78 is 1.75. The van der Waals surface area contributed by atoms with Crippen molar-refractivity contribution in [1.29, 1.82) is 0 Å². The molecule has 0 fully saturated rings. The van der Waals surface area contributed by atoms with Crippen molar-refractivity contribution >= 4 is 54.6 Å². The highest BCUT2D eigenvalue weighted by atomic mass is 79.9. The van der Waals surface area contributed by atoms with Crippen LogP contribution in [0.2, 0.25) is 0 Å². The molecule has 0 radical (unpaired) electrons. The van der Waals surface area contributed by atoms with Crippen LogP contribution in [0, 0.1) is 10.1 Å². The second-order valence-corrected chi connectivity index (χ2v) is 6.27. The first-order valence-electron chi connectivity index (χ1n) is 4.97. The van der Waals surface area contributed by atoms with Gasteiger partial charge in [-0.25, -0.2) is 0 Å². The minimum absolute atomic E-state index is 0.0753. The molecular formula is C11H8Br2N2O2S. The Hall–Kier alpha value is -0.920. The van der Waals surface area contributed by atoms with E-state index in [2.05, 4.69) is 37.2 Å². The lowest BCUT2D eigenvalue weighted by molar-refractivity contribution is -0.384. The van der Waals surface area contributed by atoms with Crippen LogP contribution in [-0.2, 0) is 6.54 Å². The first-order chi connectivity index (χ1) is 8.56. The monoisotopic (exact) mass is 390 g/mol. The van der Waals surface area contributed by atoms with Gasteiger partial charge in [-0.15, -0.1) is 11.3 Å². The Morgan fingerprint density at radius 3 is 2.67 bits per heavy atom. The quantitative estimate of drug-likeness (QED) is 0.601. The van der Waals surface area contributed by atoms with Crippen molar-refractivity contribution in [2.45, 2.75) is 6.54 Å². The van der Waals surface area contributed by atoms with E-state index in [1.54, 1.807) is 17.4 Å². The first kappa shape index (κ1) is 13.5. The van der Waals surface area contributed by atoms with E-state index in [9.17, 15) is 10.1 Å². The SMILES string of the molecule is O=[N+]([O-])c1ccc(NCc2cc(Br)cs2)c(Br)c1. The highest BCUT2D eigenvalue weighted by Crippen LogP contribution is 2.28. The Bertz CT molecular complexity index is 586. The lowest BCUT2D eigenvalue weighted by atomic mass is 10.3. The van der Waals surface area contributed by atoms with Crippen molar-refractivity contribution in [3.63, 3.8) is 0 Å². The van der Waals surface area contributed by atoms with E-state index in [-0.39, 0.29) is 5.69 Å². The maximum absolute atomic E-state index is 10.6. The fraction of sp³-hybridized carbons (Fsp3) is 0.0909. The molecular weight excluding hydrogens is 384 g/mol. The average Bonchev–Trinajstić information content (AvgIpc) is 2.73. The van der Waals surface area contributed by atoms with Crippen LogP contribution in [0.25, 0.3) is 0 Å². The van der Waals surface area contributed by atoms with E-state index in [4.69, 9.17) is 0 Å². The number of nitro benzene ring substituents is 1. The largest absolute Gasteiger partial charge is 0.379 e. The molecule has 2 aromatic rings. The number of hydrogen-bond acceptors (Lipinski definition) is 4. The normalized spacial score (nSPS) is 10.3. The summed E-state index contributed by atoms with van der Waals surface area (Å²) in [6.07, 6.45) is 0. The molecule has 1 heterocycles. The van der Waals surface area contributed by atoms with Gasteiger partial charge in [0, 0.05) is 43.6 Å². The molecule has 18 heavy (non-hydrogen) atoms. The number of non-ortho nitro benzene ring substituents is 1. The van der Waals surface area contributed by atoms with Crippen LogP contribution in [0.4, 0.5) is 11.4 Å². The van der Waals surface area contributed by atoms with Crippen LogP contribution in [-0.4, -0.2) is 4.92 Å². The number of nitrogens with one attached hydrogen (secondary N) is 1. The zero-order chi connectivity index (χ0) is 13.1. The van der Waals surface area contributed by atoms with Gasteiger partial charge >= 0.3 is 0 Å². The number of benzene rings is 1. The third-order valence-electron chi connectivity index (χ3n) is 2.24. The molecule has 0 bridgehead atoms. The summed E-state index contributed by atoms with van der Waals surface area (Å²) in [6, 6.07) is 6.71. The van der Waals surface area contributed by atoms with Crippen LogP contribution in [0.1, 0.15) is 4.88 Å². The summed E-state index contributed by atoms with van der Waals surface area (Å²) in [6.45, 7) is 0.687. The Kier molecular flexibility index (Phi) is 4.36. The first-order valence-corrected chi connectivity index (χ1v) is 7.43.